The number of rotatable bonds is 5. The van der Waals surface area contributed by atoms with Crippen molar-refractivity contribution in [2.75, 3.05) is 26.3 Å². The minimum absolute atomic E-state index is 0. The van der Waals surface area contributed by atoms with Crippen LogP contribution in [0, 0.1) is 0 Å². The molecule has 0 spiro atoms. The van der Waals surface area contributed by atoms with E-state index in [1.165, 1.54) is 5.56 Å². The molecule has 22 heavy (non-hydrogen) atoms. The summed E-state index contributed by atoms with van der Waals surface area (Å²) in [5, 5.41) is 6.33. The highest BCUT2D eigenvalue weighted by atomic mass is 79.9. The van der Waals surface area contributed by atoms with E-state index in [-0.39, 0.29) is 29.8 Å². The number of amides is 1. The molecule has 0 aliphatic carbocycles. The van der Waals surface area contributed by atoms with Gasteiger partial charge >= 0.3 is 0 Å². The fourth-order valence-electron chi connectivity index (χ4n) is 2.37. The summed E-state index contributed by atoms with van der Waals surface area (Å²) in [6.45, 7) is 7.07. The molecule has 1 aromatic carbocycles. The second-order valence-electron chi connectivity index (χ2n) is 6.10. The van der Waals surface area contributed by atoms with Crippen LogP contribution in [0.25, 0.3) is 0 Å². The molecule has 1 atom stereocenters. The smallest absolute Gasteiger partial charge is 0.221 e. The zero-order valence-electron chi connectivity index (χ0n) is 13.0. The number of ether oxygens (including phenoxy) is 1. The van der Waals surface area contributed by atoms with Gasteiger partial charge in [-0.05, 0) is 17.7 Å². The zero-order valence-corrected chi connectivity index (χ0v) is 15.4. The van der Waals surface area contributed by atoms with Crippen molar-refractivity contribution in [1.82, 2.24) is 10.6 Å². The summed E-state index contributed by atoms with van der Waals surface area (Å²) in [5.41, 5.74) is 1.12. The van der Waals surface area contributed by atoms with Crippen LogP contribution in [0.3, 0.4) is 0 Å². The summed E-state index contributed by atoms with van der Waals surface area (Å²) in [7, 11) is 0. The largest absolute Gasteiger partial charge is 0.378 e. The molecule has 0 aromatic heterocycles. The van der Waals surface area contributed by atoms with Crippen molar-refractivity contribution in [3.05, 3.63) is 34.3 Å². The average molecular weight is 392 g/mol. The molecule has 1 aliphatic heterocycles. The average Bonchev–Trinajstić information content (AvgIpc) is 2.47. The molecule has 1 heterocycles. The third kappa shape index (κ3) is 5.88. The van der Waals surface area contributed by atoms with Gasteiger partial charge in [-0.2, -0.15) is 0 Å². The van der Waals surface area contributed by atoms with E-state index in [9.17, 15) is 4.79 Å². The normalized spacial score (nSPS) is 18.4. The van der Waals surface area contributed by atoms with E-state index in [4.69, 9.17) is 4.74 Å². The van der Waals surface area contributed by atoms with Gasteiger partial charge in [-0.3, -0.25) is 4.79 Å². The van der Waals surface area contributed by atoms with Crippen molar-refractivity contribution in [3.63, 3.8) is 0 Å². The fraction of sp³-hybridized carbons (Fsp3) is 0.562. The molecule has 2 N–H and O–H groups in total. The van der Waals surface area contributed by atoms with Crippen LogP contribution in [-0.2, 0) is 14.9 Å². The van der Waals surface area contributed by atoms with E-state index >= 15 is 0 Å². The number of hydrogen-bond donors (Lipinski definition) is 2. The molecular formula is C16H24BrClN2O2. The number of carbonyl (C=O) groups is 1. The molecule has 4 nitrogen and oxygen atoms in total. The monoisotopic (exact) mass is 390 g/mol. The van der Waals surface area contributed by atoms with Gasteiger partial charge in [-0.25, -0.2) is 0 Å². The second-order valence-corrected chi connectivity index (χ2v) is 7.01. The molecule has 0 bridgehead atoms. The van der Waals surface area contributed by atoms with E-state index < -0.39 is 0 Å². The van der Waals surface area contributed by atoms with Gasteiger partial charge in [-0.15, -0.1) is 12.4 Å². The van der Waals surface area contributed by atoms with E-state index in [1.807, 2.05) is 12.1 Å². The molecule has 0 saturated carbocycles. The Morgan fingerprint density at radius 1 is 1.41 bits per heavy atom. The Kier molecular flexibility index (Phi) is 7.83. The van der Waals surface area contributed by atoms with Crippen molar-refractivity contribution < 1.29 is 9.53 Å². The standard InChI is InChI=1S/C16H23BrN2O2.ClH/c1-16(2,12-3-5-13(17)6-4-12)11-19-15(20)9-14-10-21-8-7-18-14;/h3-6,14,18H,7-11H2,1-2H3,(H,19,20);1H. The lowest BCUT2D eigenvalue weighted by Crippen LogP contribution is -2.45. The molecule has 1 aromatic rings. The Bertz CT molecular complexity index is 474. The number of morpholine rings is 1. The maximum atomic E-state index is 12.0. The van der Waals surface area contributed by atoms with Crippen LogP contribution in [0.2, 0.25) is 0 Å². The number of benzene rings is 1. The minimum atomic E-state index is -0.0904. The molecule has 1 aliphatic rings. The van der Waals surface area contributed by atoms with Gasteiger partial charge in [0.1, 0.15) is 0 Å². The Labute approximate surface area is 146 Å². The Morgan fingerprint density at radius 2 is 2.09 bits per heavy atom. The van der Waals surface area contributed by atoms with E-state index in [2.05, 4.69) is 52.5 Å². The summed E-state index contributed by atoms with van der Waals surface area (Å²) < 4.78 is 6.43. The highest BCUT2D eigenvalue weighted by Crippen LogP contribution is 2.24. The molecule has 2 rings (SSSR count). The van der Waals surface area contributed by atoms with Crippen molar-refractivity contribution >= 4 is 34.2 Å². The van der Waals surface area contributed by atoms with Crippen LogP contribution in [0.15, 0.2) is 28.7 Å². The molecular weight excluding hydrogens is 368 g/mol. The Morgan fingerprint density at radius 3 is 2.68 bits per heavy atom. The van der Waals surface area contributed by atoms with E-state index in [1.54, 1.807) is 0 Å². The third-order valence-electron chi connectivity index (χ3n) is 3.78. The Balaban J connectivity index is 0.00000242. The number of carbonyl (C=O) groups excluding carboxylic acids is 1. The van der Waals surface area contributed by atoms with Gasteiger partial charge in [-0.1, -0.05) is 41.9 Å². The number of nitrogens with one attached hydrogen (secondary N) is 2. The van der Waals surface area contributed by atoms with Crippen LogP contribution in [0.4, 0.5) is 0 Å². The lowest BCUT2D eigenvalue weighted by atomic mass is 9.84. The van der Waals surface area contributed by atoms with Crippen LogP contribution >= 0.6 is 28.3 Å². The third-order valence-corrected chi connectivity index (χ3v) is 4.31. The van der Waals surface area contributed by atoms with Crippen molar-refractivity contribution in [2.45, 2.75) is 31.7 Å². The van der Waals surface area contributed by atoms with Gasteiger partial charge in [0, 0.05) is 35.4 Å². The van der Waals surface area contributed by atoms with Crippen molar-refractivity contribution in [1.29, 1.82) is 0 Å². The van der Waals surface area contributed by atoms with Crippen LogP contribution in [0.1, 0.15) is 25.8 Å². The molecule has 1 saturated heterocycles. The molecule has 0 radical (unpaired) electrons. The SMILES string of the molecule is CC(C)(CNC(=O)CC1COCCN1)c1ccc(Br)cc1.Cl. The summed E-state index contributed by atoms with van der Waals surface area (Å²) >= 11 is 3.44. The number of halogens is 2. The maximum Gasteiger partial charge on any atom is 0.221 e. The molecule has 1 amide bonds. The maximum absolute atomic E-state index is 12.0. The summed E-state index contributed by atoms with van der Waals surface area (Å²) in [5.74, 6) is 0.0724. The van der Waals surface area contributed by atoms with Gasteiger partial charge in [0.2, 0.25) is 5.91 Å². The summed E-state index contributed by atoms with van der Waals surface area (Å²) in [6, 6.07) is 8.37. The predicted molar refractivity (Wildman–Crippen MR) is 94.7 cm³/mol. The highest BCUT2D eigenvalue weighted by molar-refractivity contribution is 9.10. The minimum Gasteiger partial charge on any atom is -0.378 e. The van der Waals surface area contributed by atoms with Gasteiger partial charge in [0.25, 0.3) is 0 Å². The van der Waals surface area contributed by atoms with E-state index in [0.29, 0.717) is 19.6 Å². The first-order valence-corrected chi connectivity index (χ1v) is 8.10. The lowest BCUT2D eigenvalue weighted by molar-refractivity contribution is -0.122. The quantitative estimate of drug-likeness (QED) is 0.811. The fourth-order valence-corrected chi connectivity index (χ4v) is 2.63. The molecule has 1 fully saturated rings. The van der Waals surface area contributed by atoms with Gasteiger partial charge in [0.15, 0.2) is 0 Å². The lowest BCUT2D eigenvalue weighted by Gasteiger charge is -2.27. The first-order chi connectivity index (χ1) is 9.97. The first kappa shape index (κ1) is 19.4. The molecule has 1 unspecified atom stereocenters. The van der Waals surface area contributed by atoms with Crippen molar-refractivity contribution in [2.24, 2.45) is 0 Å². The van der Waals surface area contributed by atoms with E-state index in [0.717, 1.165) is 17.6 Å². The van der Waals surface area contributed by atoms with Gasteiger partial charge < -0.3 is 15.4 Å². The van der Waals surface area contributed by atoms with Crippen LogP contribution < -0.4 is 10.6 Å². The second kappa shape index (κ2) is 8.87. The highest BCUT2D eigenvalue weighted by Gasteiger charge is 2.23. The summed E-state index contributed by atoms with van der Waals surface area (Å²) in [6.07, 6.45) is 0.469. The molecule has 124 valence electrons. The van der Waals surface area contributed by atoms with Gasteiger partial charge in [0.05, 0.1) is 13.2 Å². The van der Waals surface area contributed by atoms with Crippen molar-refractivity contribution in [3.8, 4) is 0 Å². The zero-order chi connectivity index (χ0) is 15.3. The Hall–Kier alpha value is -0.620. The first-order valence-electron chi connectivity index (χ1n) is 7.31. The number of hydrogen-bond acceptors (Lipinski definition) is 3. The van der Waals surface area contributed by atoms with Crippen LogP contribution in [0.5, 0.6) is 0 Å². The molecule has 6 heteroatoms. The predicted octanol–water partition coefficient (Wildman–Crippen LogP) is 2.64. The topological polar surface area (TPSA) is 50.4 Å². The van der Waals surface area contributed by atoms with Crippen LogP contribution in [-0.4, -0.2) is 38.3 Å². The summed E-state index contributed by atoms with van der Waals surface area (Å²) in [4.78, 5) is 12.0.